The minimum atomic E-state index is -4.53. The first-order valence-corrected chi connectivity index (χ1v) is 13.3. The van der Waals surface area contributed by atoms with Crippen LogP contribution in [-0.4, -0.2) is 32.0 Å². The first kappa shape index (κ1) is 28.3. The lowest BCUT2D eigenvalue weighted by Gasteiger charge is -2.28. The van der Waals surface area contributed by atoms with Gasteiger partial charge in [-0.2, -0.15) is 13.2 Å². The van der Waals surface area contributed by atoms with Crippen molar-refractivity contribution in [3.8, 4) is 5.69 Å². The van der Waals surface area contributed by atoms with Crippen LogP contribution in [0.25, 0.3) is 5.69 Å². The summed E-state index contributed by atoms with van der Waals surface area (Å²) in [6.07, 6.45) is -2.80. The molecule has 2 N–H and O–H groups in total. The number of benzene rings is 2. The Labute approximate surface area is 240 Å². The van der Waals surface area contributed by atoms with Gasteiger partial charge in [-0.3, -0.25) is 9.78 Å². The Balaban J connectivity index is 1.51. The average molecular weight is 582 g/mol. The van der Waals surface area contributed by atoms with E-state index in [9.17, 15) is 22.4 Å². The Morgan fingerprint density at radius 2 is 1.76 bits per heavy atom. The average Bonchev–Trinajstić information content (AvgIpc) is 3.42. The number of halogens is 4. The van der Waals surface area contributed by atoms with Crippen LogP contribution in [-0.2, 0) is 11.0 Å². The van der Waals surface area contributed by atoms with E-state index in [-0.39, 0.29) is 24.6 Å². The number of hydrogen-bond acceptors (Lipinski definition) is 3. The molecule has 0 radical (unpaired) electrons. The third-order valence-corrected chi connectivity index (χ3v) is 7.50. The Morgan fingerprint density at radius 3 is 2.44 bits per heavy atom. The molecule has 3 heterocycles. The van der Waals surface area contributed by atoms with Gasteiger partial charge in [0.1, 0.15) is 5.82 Å². The first-order chi connectivity index (χ1) is 19.5. The van der Waals surface area contributed by atoms with Crippen molar-refractivity contribution in [3.05, 3.63) is 113 Å². The number of pyridine rings is 1. The molecule has 1 aliphatic rings. The minimum absolute atomic E-state index is 0.0365. The summed E-state index contributed by atoms with van der Waals surface area (Å²) in [4.78, 5) is 19.2. The van der Waals surface area contributed by atoms with Crippen LogP contribution in [0.3, 0.4) is 0 Å². The molecule has 0 spiro atoms. The highest BCUT2D eigenvalue weighted by molar-refractivity contribution is 7.80. The molecule has 0 bridgehead atoms. The molecule has 212 valence electrons. The molecule has 1 amide bonds. The number of aryl methyl sites for hydroxylation is 1. The fourth-order valence-corrected chi connectivity index (χ4v) is 5.66. The van der Waals surface area contributed by atoms with Gasteiger partial charge in [0.25, 0.3) is 0 Å². The number of carbonyl (C=O) groups is 1. The highest BCUT2D eigenvalue weighted by atomic mass is 32.1. The van der Waals surface area contributed by atoms with Gasteiger partial charge in [0.05, 0.1) is 29.0 Å². The van der Waals surface area contributed by atoms with Crippen molar-refractivity contribution in [2.45, 2.75) is 38.5 Å². The molecule has 1 aliphatic heterocycles. The Bertz CT molecular complexity index is 1570. The largest absolute Gasteiger partial charge is 0.418 e. The van der Waals surface area contributed by atoms with E-state index in [0.717, 1.165) is 11.6 Å². The second-order valence-corrected chi connectivity index (χ2v) is 10.2. The van der Waals surface area contributed by atoms with Crippen molar-refractivity contribution in [2.24, 2.45) is 0 Å². The molecule has 1 fully saturated rings. The zero-order valence-corrected chi connectivity index (χ0v) is 23.1. The standard InChI is InChI=1S/C30H27F4N5OS/c1-18-17-22(19(2)39(18)25-9-4-3-7-23(25)30(32,33)34)28-27(24-8-5-6-15-35-24)37-29(41)38(28)16-14-26(40)36-21-12-10-20(31)11-13-21/h3-13,15,17,27-28H,14,16H2,1-2H3,(H,36,40)(H,37,41)/t27-,28-/m1/s1. The van der Waals surface area contributed by atoms with Crippen molar-refractivity contribution in [1.29, 1.82) is 0 Å². The van der Waals surface area contributed by atoms with E-state index in [2.05, 4.69) is 15.6 Å². The summed E-state index contributed by atoms with van der Waals surface area (Å²) in [5.41, 5.74) is 2.49. The molecule has 2 aromatic heterocycles. The molecular formula is C30H27F4N5OS. The van der Waals surface area contributed by atoms with Gasteiger partial charge < -0.3 is 20.1 Å². The van der Waals surface area contributed by atoms with E-state index in [1.54, 1.807) is 36.7 Å². The number of nitrogens with zero attached hydrogens (tertiary/aromatic N) is 3. The van der Waals surface area contributed by atoms with Crippen LogP contribution < -0.4 is 10.6 Å². The number of thiocarbonyl (C=S) groups is 1. The summed E-state index contributed by atoms with van der Waals surface area (Å²) in [5, 5.41) is 6.47. The van der Waals surface area contributed by atoms with Crippen LogP contribution in [0.1, 0.15) is 46.7 Å². The van der Waals surface area contributed by atoms with Crippen molar-refractivity contribution >= 4 is 28.9 Å². The van der Waals surface area contributed by atoms with Crippen molar-refractivity contribution < 1.29 is 22.4 Å². The summed E-state index contributed by atoms with van der Waals surface area (Å²) in [6, 6.07) is 17.5. The number of alkyl halides is 3. The van der Waals surface area contributed by atoms with Gasteiger partial charge >= 0.3 is 6.18 Å². The van der Waals surface area contributed by atoms with Crippen molar-refractivity contribution in [3.63, 3.8) is 0 Å². The van der Waals surface area contributed by atoms with Gasteiger partial charge in [0, 0.05) is 36.2 Å². The van der Waals surface area contributed by atoms with E-state index in [1.807, 2.05) is 23.1 Å². The Morgan fingerprint density at radius 1 is 1.05 bits per heavy atom. The molecule has 11 heteroatoms. The maximum atomic E-state index is 13.9. The maximum Gasteiger partial charge on any atom is 0.418 e. The predicted molar refractivity (Wildman–Crippen MR) is 152 cm³/mol. The Kier molecular flexibility index (Phi) is 7.81. The van der Waals surface area contributed by atoms with Crippen LogP contribution in [0, 0.1) is 19.7 Å². The number of para-hydroxylation sites is 1. The SMILES string of the molecule is Cc1cc([C@@H]2[C@@H](c3ccccn3)NC(=S)N2CCC(=O)Nc2ccc(F)cc2)c(C)n1-c1ccccc1C(F)(F)F. The lowest BCUT2D eigenvalue weighted by molar-refractivity contribution is -0.137. The summed E-state index contributed by atoms with van der Waals surface area (Å²) in [7, 11) is 0. The number of hydrogen-bond donors (Lipinski definition) is 2. The number of rotatable bonds is 7. The number of anilines is 1. The van der Waals surface area contributed by atoms with Crippen LogP contribution in [0.4, 0.5) is 23.2 Å². The highest BCUT2D eigenvalue weighted by Crippen LogP contribution is 2.42. The topological polar surface area (TPSA) is 62.2 Å². The van der Waals surface area contributed by atoms with Gasteiger partial charge in [0.2, 0.25) is 5.91 Å². The van der Waals surface area contributed by atoms with Crippen LogP contribution in [0.15, 0.2) is 79.0 Å². The third kappa shape index (κ3) is 5.81. The molecule has 5 rings (SSSR count). The van der Waals surface area contributed by atoms with E-state index in [1.165, 1.54) is 36.4 Å². The predicted octanol–water partition coefficient (Wildman–Crippen LogP) is 6.65. The van der Waals surface area contributed by atoms with E-state index in [4.69, 9.17) is 12.2 Å². The van der Waals surface area contributed by atoms with Crippen LogP contribution >= 0.6 is 12.2 Å². The molecule has 41 heavy (non-hydrogen) atoms. The smallest absolute Gasteiger partial charge is 0.352 e. The molecule has 0 unspecified atom stereocenters. The van der Waals surface area contributed by atoms with Gasteiger partial charge in [-0.1, -0.05) is 18.2 Å². The van der Waals surface area contributed by atoms with Crippen LogP contribution in [0.5, 0.6) is 0 Å². The van der Waals surface area contributed by atoms with Crippen molar-refractivity contribution in [2.75, 3.05) is 11.9 Å². The Hall–Kier alpha value is -4.25. The molecule has 0 saturated carbocycles. The maximum absolute atomic E-state index is 13.9. The molecule has 6 nitrogen and oxygen atoms in total. The third-order valence-electron chi connectivity index (χ3n) is 7.14. The zero-order valence-electron chi connectivity index (χ0n) is 22.2. The quantitative estimate of drug-likeness (QED) is 0.189. The number of amides is 1. The van der Waals surface area contributed by atoms with Gasteiger partial charge in [-0.05, 0) is 86.2 Å². The normalized spacial score (nSPS) is 17.0. The fourth-order valence-electron chi connectivity index (χ4n) is 5.33. The second-order valence-electron chi connectivity index (χ2n) is 9.80. The zero-order chi connectivity index (χ0) is 29.3. The van der Waals surface area contributed by atoms with Gasteiger partial charge in [-0.25, -0.2) is 4.39 Å². The fraction of sp³-hybridized carbons (Fsp3) is 0.233. The number of nitrogens with one attached hydrogen (secondary N) is 2. The molecule has 4 aromatic rings. The summed E-state index contributed by atoms with van der Waals surface area (Å²) in [5.74, 6) is -0.695. The lowest BCUT2D eigenvalue weighted by atomic mass is 9.96. The van der Waals surface area contributed by atoms with E-state index >= 15 is 0 Å². The van der Waals surface area contributed by atoms with Gasteiger partial charge in [-0.15, -0.1) is 0 Å². The summed E-state index contributed by atoms with van der Waals surface area (Å²) in [6.45, 7) is 3.78. The molecule has 0 aliphatic carbocycles. The first-order valence-electron chi connectivity index (χ1n) is 12.9. The molecule has 1 saturated heterocycles. The molecule has 2 atom stereocenters. The van der Waals surface area contributed by atoms with Crippen molar-refractivity contribution in [1.82, 2.24) is 19.8 Å². The summed E-state index contributed by atoms with van der Waals surface area (Å²) < 4.78 is 56.7. The lowest BCUT2D eigenvalue weighted by Crippen LogP contribution is -2.32. The minimum Gasteiger partial charge on any atom is -0.352 e. The van der Waals surface area contributed by atoms with Gasteiger partial charge in [0.15, 0.2) is 5.11 Å². The highest BCUT2D eigenvalue weighted by Gasteiger charge is 2.42. The monoisotopic (exact) mass is 581 g/mol. The second kappa shape index (κ2) is 11.3. The van der Waals surface area contributed by atoms with E-state index < -0.39 is 29.6 Å². The van der Waals surface area contributed by atoms with E-state index in [0.29, 0.717) is 27.9 Å². The van der Waals surface area contributed by atoms with Crippen LogP contribution in [0.2, 0.25) is 0 Å². The molecular weight excluding hydrogens is 554 g/mol. The number of aromatic nitrogens is 2. The number of carbonyl (C=O) groups excluding carboxylic acids is 1. The molecule has 2 aromatic carbocycles. The summed E-state index contributed by atoms with van der Waals surface area (Å²) >= 11 is 5.69.